The van der Waals surface area contributed by atoms with Crippen molar-refractivity contribution >= 4 is 5.97 Å². The van der Waals surface area contributed by atoms with Crippen LogP contribution in [0.2, 0.25) is 0 Å². The Morgan fingerprint density at radius 3 is 3.12 bits per heavy atom. The Bertz CT molecular complexity index is 496. The van der Waals surface area contributed by atoms with Crippen molar-refractivity contribution in [2.45, 2.75) is 13.5 Å². The van der Waals surface area contributed by atoms with Crippen molar-refractivity contribution < 1.29 is 9.53 Å². The SMILES string of the molecule is CCOC(=O)Cn1nnnc1-c1cccnc1. The van der Waals surface area contributed by atoms with Crippen LogP contribution in [0, 0.1) is 0 Å². The standard InChI is InChI=1S/C10H11N5O2/c1-2-17-9(16)7-15-10(12-13-14-15)8-4-3-5-11-6-8/h3-6H,2,7H2,1H3. The summed E-state index contributed by atoms with van der Waals surface area (Å²) in [6.45, 7) is 2.08. The van der Waals surface area contributed by atoms with Gasteiger partial charge in [-0.3, -0.25) is 9.78 Å². The van der Waals surface area contributed by atoms with E-state index in [4.69, 9.17) is 4.74 Å². The fourth-order valence-electron chi connectivity index (χ4n) is 1.34. The summed E-state index contributed by atoms with van der Waals surface area (Å²) in [5.74, 6) is 0.121. The van der Waals surface area contributed by atoms with E-state index < -0.39 is 0 Å². The quantitative estimate of drug-likeness (QED) is 0.706. The molecule has 0 fully saturated rings. The van der Waals surface area contributed by atoms with Crippen molar-refractivity contribution in [2.24, 2.45) is 0 Å². The summed E-state index contributed by atoms with van der Waals surface area (Å²) in [6.07, 6.45) is 3.29. The van der Waals surface area contributed by atoms with Crippen molar-refractivity contribution in [3.8, 4) is 11.4 Å². The van der Waals surface area contributed by atoms with E-state index in [1.54, 1.807) is 25.4 Å². The van der Waals surface area contributed by atoms with Gasteiger partial charge >= 0.3 is 5.97 Å². The number of carbonyl (C=O) groups is 1. The van der Waals surface area contributed by atoms with E-state index in [0.29, 0.717) is 12.4 Å². The van der Waals surface area contributed by atoms with E-state index in [2.05, 4.69) is 20.5 Å². The summed E-state index contributed by atoms with van der Waals surface area (Å²) < 4.78 is 6.22. The molecule has 17 heavy (non-hydrogen) atoms. The third-order valence-electron chi connectivity index (χ3n) is 2.04. The van der Waals surface area contributed by atoms with Crippen molar-refractivity contribution in [3.63, 3.8) is 0 Å². The van der Waals surface area contributed by atoms with Crippen LogP contribution in [0.1, 0.15) is 6.92 Å². The second-order valence-corrected chi connectivity index (χ2v) is 3.21. The Hall–Kier alpha value is -2.31. The zero-order valence-corrected chi connectivity index (χ0v) is 9.28. The van der Waals surface area contributed by atoms with Gasteiger partial charge in [0.2, 0.25) is 0 Å². The van der Waals surface area contributed by atoms with Crippen molar-refractivity contribution in [3.05, 3.63) is 24.5 Å². The summed E-state index contributed by atoms with van der Waals surface area (Å²) >= 11 is 0. The molecule has 2 aromatic rings. The Morgan fingerprint density at radius 1 is 1.53 bits per heavy atom. The molecule has 0 radical (unpaired) electrons. The molecule has 0 unspecified atom stereocenters. The number of ether oxygens (including phenoxy) is 1. The topological polar surface area (TPSA) is 82.8 Å². The predicted molar refractivity (Wildman–Crippen MR) is 57.7 cm³/mol. The van der Waals surface area contributed by atoms with Crippen LogP contribution in [0.25, 0.3) is 11.4 Å². The third kappa shape index (κ3) is 2.63. The average molecular weight is 233 g/mol. The van der Waals surface area contributed by atoms with Gasteiger partial charge in [-0.2, -0.15) is 0 Å². The van der Waals surface area contributed by atoms with Gasteiger partial charge in [0.1, 0.15) is 6.54 Å². The molecule has 0 aromatic carbocycles. The normalized spacial score (nSPS) is 10.2. The first kappa shape index (κ1) is 11.2. The number of aromatic nitrogens is 5. The molecule has 88 valence electrons. The van der Waals surface area contributed by atoms with Gasteiger partial charge in [-0.05, 0) is 29.5 Å². The number of nitrogens with zero attached hydrogens (tertiary/aromatic N) is 5. The number of hydrogen-bond donors (Lipinski definition) is 0. The average Bonchev–Trinajstić information content (AvgIpc) is 2.78. The molecule has 0 saturated heterocycles. The van der Waals surface area contributed by atoms with Crippen LogP contribution in [0.4, 0.5) is 0 Å². The molecule has 7 nitrogen and oxygen atoms in total. The lowest BCUT2D eigenvalue weighted by Gasteiger charge is -2.03. The Morgan fingerprint density at radius 2 is 2.41 bits per heavy atom. The molecule has 0 spiro atoms. The summed E-state index contributed by atoms with van der Waals surface area (Å²) in [6, 6.07) is 3.60. The first-order valence-corrected chi connectivity index (χ1v) is 5.13. The molecule has 0 aliphatic rings. The minimum Gasteiger partial charge on any atom is -0.465 e. The minimum atomic E-state index is -0.370. The molecular weight excluding hydrogens is 222 g/mol. The summed E-state index contributed by atoms with van der Waals surface area (Å²) in [5, 5.41) is 11.1. The number of tetrazole rings is 1. The van der Waals surface area contributed by atoms with Crippen LogP contribution < -0.4 is 0 Å². The third-order valence-corrected chi connectivity index (χ3v) is 2.04. The molecule has 0 bridgehead atoms. The highest BCUT2D eigenvalue weighted by Crippen LogP contribution is 2.13. The minimum absolute atomic E-state index is 0.00886. The van der Waals surface area contributed by atoms with Crippen LogP contribution in [0.15, 0.2) is 24.5 Å². The maximum atomic E-state index is 11.3. The predicted octanol–water partition coefficient (Wildman–Crippen LogP) is 0.298. The molecule has 2 rings (SSSR count). The van der Waals surface area contributed by atoms with E-state index in [1.807, 2.05) is 6.07 Å². The van der Waals surface area contributed by atoms with Crippen molar-refractivity contribution in [2.75, 3.05) is 6.61 Å². The van der Waals surface area contributed by atoms with Gasteiger partial charge in [-0.1, -0.05) is 0 Å². The van der Waals surface area contributed by atoms with E-state index in [9.17, 15) is 4.79 Å². The van der Waals surface area contributed by atoms with Gasteiger partial charge in [-0.15, -0.1) is 5.10 Å². The number of esters is 1. The van der Waals surface area contributed by atoms with Crippen LogP contribution in [0.3, 0.4) is 0 Å². The number of carbonyl (C=O) groups excluding carboxylic acids is 1. The monoisotopic (exact) mass is 233 g/mol. The molecule has 2 aromatic heterocycles. The van der Waals surface area contributed by atoms with Crippen molar-refractivity contribution in [1.29, 1.82) is 0 Å². The highest BCUT2D eigenvalue weighted by molar-refractivity contribution is 5.70. The molecule has 0 atom stereocenters. The van der Waals surface area contributed by atoms with E-state index >= 15 is 0 Å². The van der Waals surface area contributed by atoms with Crippen LogP contribution >= 0.6 is 0 Å². The molecule has 0 aliphatic heterocycles. The van der Waals surface area contributed by atoms with Crippen LogP contribution in [-0.2, 0) is 16.1 Å². The summed E-state index contributed by atoms with van der Waals surface area (Å²) in [4.78, 5) is 15.3. The Labute approximate surface area is 97.4 Å². The van der Waals surface area contributed by atoms with Gasteiger partial charge in [0.25, 0.3) is 0 Å². The lowest BCUT2D eigenvalue weighted by molar-refractivity contribution is -0.144. The number of pyridine rings is 1. The fraction of sp³-hybridized carbons (Fsp3) is 0.300. The first-order chi connectivity index (χ1) is 8.31. The lowest BCUT2D eigenvalue weighted by atomic mass is 10.3. The molecule has 0 aliphatic carbocycles. The van der Waals surface area contributed by atoms with E-state index in [-0.39, 0.29) is 12.5 Å². The van der Waals surface area contributed by atoms with Gasteiger partial charge in [0, 0.05) is 18.0 Å². The highest BCUT2D eigenvalue weighted by Gasteiger charge is 2.12. The van der Waals surface area contributed by atoms with Crippen LogP contribution in [0.5, 0.6) is 0 Å². The second-order valence-electron chi connectivity index (χ2n) is 3.21. The molecule has 2 heterocycles. The van der Waals surface area contributed by atoms with Gasteiger partial charge in [0.05, 0.1) is 6.61 Å². The first-order valence-electron chi connectivity index (χ1n) is 5.13. The zero-order valence-electron chi connectivity index (χ0n) is 9.28. The summed E-state index contributed by atoms with van der Waals surface area (Å²) in [5.41, 5.74) is 0.752. The van der Waals surface area contributed by atoms with Crippen LogP contribution in [-0.4, -0.2) is 37.8 Å². The maximum absolute atomic E-state index is 11.3. The number of hydrogen-bond acceptors (Lipinski definition) is 6. The Balaban J connectivity index is 2.20. The van der Waals surface area contributed by atoms with Crippen molar-refractivity contribution in [1.82, 2.24) is 25.2 Å². The van der Waals surface area contributed by atoms with E-state index in [1.165, 1.54) is 4.68 Å². The largest absolute Gasteiger partial charge is 0.465 e. The maximum Gasteiger partial charge on any atom is 0.327 e. The lowest BCUT2D eigenvalue weighted by Crippen LogP contribution is -2.15. The molecular formula is C10H11N5O2. The van der Waals surface area contributed by atoms with Gasteiger partial charge in [0.15, 0.2) is 5.82 Å². The molecule has 0 N–H and O–H groups in total. The second kappa shape index (κ2) is 5.15. The zero-order chi connectivity index (χ0) is 12.1. The molecule has 0 saturated carbocycles. The smallest absolute Gasteiger partial charge is 0.327 e. The van der Waals surface area contributed by atoms with E-state index in [0.717, 1.165) is 5.56 Å². The fourth-order valence-corrected chi connectivity index (χ4v) is 1.34. The number of rotatable bonds is 4. The summed E-state index contributed by atoms with van der Waals surface area (Å²) in [7, 11) is 0. The highest BCUT2D eigenvalue weighted by atomic mass is 16.5. The molecule has 7 heteroatoms. The molecule has 0 amide bonds. The van der Waals surface area contributed by atoms with Gasteiger partial charge in [-0.25, -0.2) is 4.68 Å². The van der Waals surface area contributed by atoms with Gasteiger partial charge < -0.3 is 4.74 Å². The Kier molecular flexibility index (Phi) is 3.39.